The smallest absolute Gasteiger partial charge is 0.254 e. The Morgan fingerprint density at radius 3 is 2.41 bits per heavy atom. The fraction of sp³-hybridized carbons (Fsp3) is 0.345. The molecule has 1 atom stereocenters. The van der Waals surface area contributed by atoms with Gasteiger partial charge in [-0.3, -0.25) is 14.6 Å². The Labute approximate surface area is 201 Å². The molecule has 3 aromatic rings. The first-order valence-corrected chi connectivity index (χ1v) is 12.3. The molecule has 3 heterocycles. The van der Waals surface area contributed by atoms with Crippen molar-refractivity contribution in [1.82, 2.24) is 14.8 Å². The summed E-state index contributed by atoms with van der Waals surface area (Å²) in [5.41, 5.74) is 3.73. The second kappa shape index (κ2) is 10.2. The van der Waals surface area contributed by atoms with E-state index in [0.29, 0.717) is 18.0 Å². The fourth-order valence-electron chi connectivity index (χ4n) is 5.29. The van der Waals surface area contributed by atoms with Crippen molar-refractivity contribution in [2.75, 3.05) is 19.6 Å². The van der Waals surface area contributed by atoms with Crippen LogP contribution in [0.2, 0.25) is 0 Å². The van der Waals surface area contributed by atoms with Gasteiger partial charge in [-0.15, -0.1) is 0 Å². The highest BCUT2D eigenvalue weighted by atomic mass is 16.2. The van der Waals surface area contributed by atoms with Crippen molar-refractivity contribution in [3.05, 3.63) is 90.1 Å². The number of aromatic nitrogens is 1. The van der Waals surface area contributed by atoms with Gasteiger partial charge in [0.1, 0.15) is 6.04 Å². The molecule has 0 spiro atoms. The topological polar surface area (TPSA) is 53.5 Å². The van der Waals surface area contributed by atoms with Crippen LogP contribution in [0, 0.1) is 5.92 Å². The standard InChI is InChI=1S/C29H31N3O2/c33-28(25-11-6-10-24(21-25)26-12-4-5-16-30-26)32-17-7-13-27(32)29(34)31-18-14-23(15-19-31)20-22-8-2-1-3-9-22/h1-6,8-12,16,21,23,27H,7,13-15,17-20H2. The third kappa shape index (κ3) is 4.89. The lowest BCUT2D eigenvalue weighted by molar-refractivity contribution is -0.136. The lowest BCUT2D eigenvalue weighted by Gasteiger charge is -2.35. The molecule has 174 valence electrons. The number of piperidine rings is 1. The number of amides is 2. The Balaban J connectivity index is 1.23. The van der Waals surface area contributed by atoms with Crippen LogP contribution in [-0.4, -0.2) is 52.3 Å². The molecule has 2 aliphatic rings. The number of hydrogen-bond donors (Lipinski definition) is 0. The Hall–Kier alpha value is -3.47. The summed E-state index contributed by atoms with van der Waals surface area (Å²) in [6.07, 6.45) is 6.48. The lowest BCUT2D eigenvalue weighted by atomic mass is 9.90. The van der Waals surface area contributed by atoms with Crippen LogP contribution in [0.3, 0.4) is 0 Å². The van der Waals surface area contributed by atoms with E-state index in [4.69, 9.17) is 0 Å². The molecule has 0 bridgehead atoms. The van der Waals surface area contributed by atoms with Gasteiger partial charge in [0.05, 0.1) is 5.69 Å². The summed E-state index contributed by atoms with van der Waals surface area (Å²) in [6, 6.07) is 23.6. The number of nitrogens with zero attached hydrogens (tertiary/aromatic N) is 3. The van der Waals surface area contributed by atoms with Crippen molar-refractivity contribution in [3.8, 4) is 11.3 Å². The van der Waals surface area contributed by atoms with E-state index in [1.165, 1.54) is 5.56 Å². The van der Waals surface area contributed by atoms with Crippen LogP contribution in [0.15, 0.2) is 79.0 Å². The first kappa shape index (κ1) is 22.3. The summed E-state index contributed by atoms with van der Waals surface area (Å²) < 4.78 is 0. The minimum atomic E-state index is -0.350. The molecule has 0 N–H and O–H groups in total. The quantitative estimate of drug-likeness (QED) is 0.556. The zero-order valence-corrected chi connectivity index (χ0v) is 19.5. The molecule has 2 fully saturated rings. The second-order valence-corrected chi connectivity index (χ2v) is 9.41. The molecule has 0 saturated carbocycles. The molecule has 1 aromatic heterocycles. The number of pyridine rings is 1. The third-order valence-electron chi connectivity index (χ3n) is 7.16. The summed E-state index contributed by atoms with van der Waals surface area (Å²) in [6.45, 7) is 2.20. The number of benzene rings is 2. The minimum absolute atomic E-state index is 0.0624. The summed E-state index contributed by atoms with van der Waals surface area (Å²) >= 11 is 0. The van der Waals surface area contributed by atoms with Gasteiger partial charge in [-0.25, -0.2) is 0 Å². The molecule has 5 rings (SSSR count). The highest BCUT2D eigenvalue weighted by Crippen LogP contribution is 2.27. The Morgan fingerprint density at radius 1 is 0.853 bits per heavy atom. The molecule has 0 aliphatic carbocycles. The number of likely N-dealkylation sites (tertiary alicyclic amines) is 2. The summed E-state index contributed by atoms with van der Waals surface area (Å²) in [7, 11) is 0. The summed E-state index contributed by atoms with van der Waals surface area (Å²) in [5, 5.41) is 0. The van der Waals surface area contributed by atoms with Crippen molar-refractivity contribution < 1.29 is 9.59 Å². The minimum Gasteiger partial charge on any atom is -0.341 e. The van der Waals surface area contributed by atoms with Gasteiger partial charge in [-0.05, 0) is 67.9 Å². The molecule has 2 aromatic carbocycles. The normalized spacial score (nSPS) is 18.8. The van der Waals surface area contributed by atoms with Gasteiger partial charge in [-0.1, -0.05) is 48.5 Å². The van der Waals surface area contributed by atoms with E-state index in [9.17, 15) is 9.59 Å². The Bertz CT molecular complexity index is 1120. The first-order chi connectivity index (χ1) is 16.7. The van der Waals surface area contributed by atoms with E-state index in [-0.39, 0.29) is 17.9 Å². The van der Waals surface area contributed by atoms with E-state index < -0.39 is 0 Å². The van der Waals surface area contributed by atoms with Gasteiger partial charge in [-0.2, -0.15) is 0 Å². The maximum atomic E-state index is 13.4. The maximum Gasteiger partial charge on any atom is 0.254 e. The highest BCUT2D eigenvalue weighted by Gasteiger charge is 2.38. The summed E-state index contributed by atoms with van der Waals surface area (Å²) in [5.74, 6) is 0.666. The Morgan fingerprint density at radius 2 is 1.65 bits per heavy atom. The molecular formula is C29H31N3O2. The van der Waals surface area contributed by atoms with E-state index in [1.54, 1.807) is 11.1 Å². The van der Waals surface area contributed by atoms with Gasteiger partial charge in [0, 0.05) is 37.0 Å². The van der Waals surface area contributed by atoms with Gasteiger partial charge in [0.15, 0.2) is 0 Å². The van der Waals surface area contributed by atoms with Crippen molar-refractivity contribution in [2.45, 2.75) is 38.1 Å². The number of carbonyl (C=O) groups excluding carboxylic acids is 2. The second-order valence-electron chi connectivity index (χ2n) is 9.41. The molecule has 2 saturated heterocycles. The molecule has 34 heavy (non-hydrogen) atoms. The zero-order chi connectivity index (χ0) is 23.3. The molecule has 5 heteroatoms. The average molecular weight is 454 g/mol. The van der Waals surface area contributed by atoms with Crippen LogP contribution in [-0.2, 0) is 11.2 Å². The predicted octanol–water partition coefficient (Wildman–Crippen LogP) is 4.83. The number of hydrogen-bond acceptors (Lipinski definition) is 3. The van der Waals surface area contributed by atoms with Crippen LogP contribution >= 0.6 is 0 Å². The first-order valence-electron chi connectivity index (χ1n) is 12.3. The molecule has 2 aliphatic heterocycles. The van der Waals surface area contributed by atoms with Crippen LogP contribution in [0.5, 0.6) is 0 Å². The van der Waals surface area contributed by atoms with Crippen molar-refractivity contribution in [1.29, 1.82) is 0 Å². The van der Waals surface area contributed by atoms with Gasteiger partial charge < -0.3 is 9.80 Å². The summed E-state index contributed by atoms with van der Waals surface area (Å²) in [4.78, 5) is 35.0. The highest BCUT2D eigenvalue weighted by molar-refractivity contribution is 5.98. The maximum absolute atomic E-state index is 13.4. The SMILES string of the molecule is O=C(C1CCCN1C(=O)c1cccc(-c2ccccn2)c1)N1CCC(Cc2ccccc2)CC1. The number of carbonyl (C=O) groups is 2. The van der Waals surface area contributed by atoms with E-state index >= 15 is 0 Å². The van der Waals surface area contributed by atoms with Crippen LogP contribution in [0.4, 0.5) is 0 Å². The monoisotopic (exact) mass is 453 g/mol. The molecule has 1 unspecified atom stereocenters. The predicted molar refractivity (Wildman–Crippen MR) is 133 cm³/mol. The molecule has 5 nitrogen and oxygen atoms in total. The Kier molecular flexibility index (Phi) is 6.70. The van der Waals surface area contributed by atoms with Crippen LogP contribution < -0.4 is 0 Å². The van der Waals surface area contributed by atoms with Crippen LogP contribution in [0.25, 0.3) is 11.3 Å². The van der Waals surface area contributed by atoms with E-state index in [0.717, 1.165) is 56.5 Å². The van der Waals surface area contributed by atoms with Crippen LogP contribution in [0.1, 0.15) is 41.6 Å². The van der Waals surface area contributed by atoms with Gasteiger partial charge in [0.25, 0.3) is 5.91 Å². The average Bonchev–Trinajstić information content (AvgIpc) is 3.39. The largest absolute Gasteiger partial charge is 0.341 e. The van der Waals surface area contributed by atoms with Gasteiger partial charge in [0.2, 0.25) is 5.91 Å². The third-order valence-corrected chi connectivity index (χ3v) is 7.16. The van der Waals surface area contributed by atoms with E-state index in [2.05, 4.69) is 29.2 Å². The van der Waals surface area contributed by atoms with E-state index in [1.807, 2.05) is 53.4 Å². The molecular weight excluding hydrogens is 422 g/mol. The van der Waals surface area contributed by atoms with Crippen molar-refractivity contribution >= 4 is 11.8 Å². The fourth-order valence-corrected chi connectivity index (χ4v) is 5.29. The van der Waals surface area contributed by atoms with Crippen molar-refractivity contribution in [3.63, 3.8) is 0 Å². The molecule has 0 radical (unpaired) electrons. The lowest BCUT2D eigenvalue weighted by Crippen LogP contribution is -2.50. The zero-order valence-electron chi connectivity index (χ0n) is 19.5. The molecule has 2 amide bonds. The number of rotatable bonds is 5. The van der Waals surface area contributed by atoms with Crippen molar-refractivity contribution in [2.24, 2.45) is 5.92 Å². The van der Waals surface area contributed by atoms with Gasteiger partial charge >= 0.3 is 0 Å².